The van der Waals surface area contributed by atoms with E-state index < -0.39 is 0 Å². The van der Waals surface area contributed by atoms with E-state index in [4.69, 9.17) is 0 Å². The van der Waals surface area contributed by atoms with E-state index in [0.29, 0.717) is 0 Å². The van der Waals surface area contributed by atoms with Gasteiger partial charge in [0.2, 0.25) is 0 Å². The van der Waals surface area contributed by atoms with Crippen LogP contribution in [0.5, 0.6) is 0 Å². The summed E-state index contributed by atoms with van der Waals surface area (Å²) in [6.45, 7) is 5.40. The molecule has 1 unspecified atom stereocenters. The minimum atomic E-state index is 0.882. The molecule has 1 aromatic rings. The van der Waals surface area contributed by atoms with Gasteiger partial charge in [-0.1, -0.05) is 6.92 Å². The third kappa shape index (κ3) is 3.25. The van der Waals surface area contributed by atoms with Crippen LogP contribution >= 0.6 is 11.8 Å². The predicted molar refractivity (Wildman–Crippen MR) is 69.7 cm³/mol. The zero-order valence-corrected chi connectivity index (χ0v) is 10.8. The highest BCUT2D eigenvalue weighted by Gasteiger charge is 2.14. The first-order valence-electron chi connectivity index (χ1n) is 6.17. The van der Waals surface area contributed by atoms with Crippen molar-refractivity contribution in [3.8, 4) is 0 Å². The van der Waals surface area contributed by atoms with Gasteiger partial charge >= 0.3 is 0 Å². The average molecular weight is 239 g/mol. The van der Waals surface area contributed by atoms with Gasteiger partial charge in [0.25, 0.3) is 0 Å². The Morgan fingerprint density at radius 2 is 2.56 bits per heavy atom. The molecule has 2 rings (SSSR count). The van der Waals surface area contributed by atoms with Crippen molar-refractivity contribution in [1.29, 1.82) is 0 Å². The fourth-order valence-corrected chi connectivity index (χ4v) is 3.37. The van der Waals surface area contributed by atoms with Crippen molar-refractivity contribution in [3.05, 3.63) is 18.2 Å². The SMILES string of the molecule is CCCn1cncc1CNCC1CCSC1. The Bertz CT molecular complexity index is 305. The standard InChI is InChI=1S/C12H21N3S/c1-2-4-15-10-14-8-12(15)7-13-6-11-3-5-16-9-11/h8,10-11,13H,2-7,9H2,1H3. The van der Waals surface area contributed by atoms with Crippen LogP contribution in [0.15, 0.2) is 12.5 Å². The smallest absolute Gasteiger partial charge is 0.0948 e. The van der Waals surface area contributed by atoms with E-state index >= 15 is 0 Å². The zero-order valence-electron chi connectivity index (χ0n) is 9.98. The Kier molecular flexibility index (Phi) is 4.72. The third-order valence-corrected chi connectivity index (χ3v) is 4.26. The lowest BCUT2D eigenvalue weighted by Gasteiger charge is -2.11. The first kappa shape index (κ1) is 12.0. The molecular weight excluding hydrogens is 218 g/mol. The summed E-state index contributed by atoms with van der Waals surface area (Å²) in [5, 5.41) is 3.55. The van der Waals surface area contributed by atoms with Crippen LogP contribution in [0.4, 0.5) is 0 Å². The minimum Gasteiger partial charge on any atom is -0.333 e. The Morgan fingerprint density at radius 3 is 3.31 bits per heavy atom. The highest BCUT2D eigenvalue weighted by molar-refractivity contribution is 7.99. The molecule has 2 heterocycles. The van der Waals surface area contributed by atoms with E-state index in [1.165, 1.54) is 30.0 Å². The van der Waals surface area contributed by atoms with Crippen LogP contribution in [0.2, 0.25) is 0 Å². The molecule has 0 amide bonds. The fourth-order valence-electron chi connectivity index (χ4n) is 2.09. The number of imidazole rings is 1. The average Bonchev–Trinajstić information content (AvgIpc) is 2.91. The second kappa shape index (κ2) is 6.30. The second-order valence-corrected chi connectivity index (χ2v) is 5.59. The minimum absolute atomic E-state index is 0.882. The summed E-state index contributed by atoms with van der Waals surface area (Å²) in [7, 11) is 0. The largest absolute Gasteiger partial charge is 0.333 e. The highest BCUT2D eigenvalue weighted by Crippen LogP contribution is 2.22. The van der Waals surface area contributed by atoms with E-state index in [2.05, 4.69) is 33.6 Å². The molecule has 4 heteroatoms. The molecule has 3 nitrogen and oxygen atoms in total. The van der Waals surface area contributed by atoms with Gasteiger partial charge in [-0.2, -0.15) is 11.8 Å². The molecule has 1 aliphatic heterocycles. The van der Waals surface area contributed by atoms with Gasteiger partial charge in [0, 0.05) is 19.3 Å². The Labute approximate surface area is 102 Å². The van der Waals surface area contributed by atoms with E-state index in [0.717, 1.165) is 25.6 Å². The number of aryl methyl sites for hydroxylation is 1. The molecule has 16 heavy (non-hydrogen) atoms. The van der Waals surface area contributed by atoms with Crippen LogP contribution in [-0.2, 0) is 13.1 Å². The molecule has 1 N–H and O–H groups in total. The zero-order chi connectivity index (χ0) is 11.2. The van der Waals surface area contributed by atoms with Crippen molar-refractivity contribution < 1.29 is 0 Å². The van der Waals surface area contributed by atoms with Gasteiger partial charge in [-0.05, 0) is 36.8 Å². The van der Waals surface area contributed by atoms with Crippen molar-refractivity contribution in [3.63, 3.8) is 0 Å². The van der Waals surface area contributed by atoms with Gasteiger partial charge in [-0.15, -0.1) is 0 Å². The molecule has 0 bridgehead atoms. The Balaban J connectivity index is 1.73. The van der Waals surface area contributed by atoms with Crippen molar-refractivity contribution in [2.45, 2.75) is 32.9 Å². The number of aromatic nitrogens is 2. The van der Waals surface area contributed by atoms with Crippen molar-refractivity contribution >= 4 is 11.8 Å². The molecule has 1 atom stereocenters. The summed E-state index contributed by atoms with van der Waals surface area (Å²) in [4.78, 5) is 4.21. The monoisotopic (exact) mass is 239 g/mol. The van der Waals surface area contributed by atoms with E-state index in [9.17, 15) is 0 Å². The quantitative estimate of drug-likeness (QED) is 0.825. The van der Waals surface area contributed by atoms with Crippen LogP contribution in [0, 0.1) is 5.92 Å². The summed E-state index contributed by atoms with van der Waals surface area (Å²) >= 11 is 2.08. The maximum absolute atomic E-state index is 4.21. The molecule has 0 radical (unpaired) electrons. The van der Waals surface area contributed by atoms with Crippen LogP contribution < -0.4 is 5.32 Å². The lowest BCUT2D eigenvalue weighted by molar-refractivity contribution is 0.510. The van der Waals surface area contributed by atoms with Gasteiger partial charge in [0.05, 0.1) is 12.0 Å². The molecule has 0 saturated carbocycles. The summed E-state index contributed by atoms with van der Waals surface area (Å²) in [6, 6.07) is 0. The second-order valence-electron chi connectivity index (χ2n) is 4.44. The molecule has 1 aromatic heterocycles. The molecule has 90 valence electrons. The first-order chi connectivity index (χ1) is 7.90. The maximum atomic E-state index is 4.21. The van der Waals surface area contributed by atoms with Gasteiger partial charge in [-0.25, -0.2) is 4.98 Å². The topological polar surface area (TPSA) is 29.9 Å². The normalized spacial score (nSPS) is 20.4. The number of nitrogens with one attached hydrogen (secondary N) is 1. The van der Waals surface area contributed by atoms with Gasteiger partial charge in [0.15, 0.2) is 0 Å². The van der Waals surface area contributed by atoms with Crippen molar-refractivity contribution in [2.24, 2.45) is 5.92 Å². The van der Waals surface area contributed by atoms with Crippen LogP contribution in [0.25, 0.3) is 0 Å². The lowest BCUT2D eigenvalue weighted by atomic mass is 10.1. The van der Waals surface area contributed by atoms with Crippen LogP contribution in [-0.4, -0.2) is 27.6 Å². The Hall–Kier alpha value is -0.480. The van der Waals surface area contributed by atoms with Crippen LogP contribution in [0.3, 0.4) is 0 Å². The van der Waals surface area contributed by atoms with Crippen LogP contribution in [0.1, 0.15) is 25.5 Å². The molecule has 1 saturated heterocycles. The Morgan fingerprint density at radius 1 is 1.62 bits per heavy atom. The fraction of sp³-hybridized carbons (Fsp3) is 0.750. The van der Waals surface area contributed by atoms with Gasteiger partial charge < -0.3 is 9.88 Å². The van der Waals surface area contributed by atoms with E-state index in [-0.39, 0.29) is 0 Å². The molecule has 0 aromatic carbocycles. The lowest BCUT2D eigenvalue weighted by Crippen LogP contribution is -2.23. The molecular formula is C12H21N3S. The predicted octanol–water partition coefficient (Wildman–Crippen LogP) is 2.14. The van der Waals surface area contributed by atoms with E-state index in [1.54, 1.807) is 0 Å². The van der Waals surface area contributed by atoms with Crippen molar-refractivity contribution in [1.82, 2.24) is 14.9 Å². The summed E-state index contributed by atoms with van der Waals surface area (Å²) in [5.74, 6) is 3.56. The van der Waals surface area contributed by atoms with E-state index in [1.807, 2.05) is 12.5 Å². The van der Waals surface area contributed by atoms with Crippen molar-refractivity contribution in [2.75, 3.05) is 18.1 Å². The maximum Gasteiger partial charge on any atom is 0.0948 e. The summed E-state index contributed by atoms with van der Waals surface area (Å²) < 4.78 is 2.25. The highest BCUT2D eigenvalue weighted by atomic mass is 32.2. The summed E-state index contributed by atoms with van der Waals surface area (Å²) in [5.41, 5.74) is 1.31. The third-order valence-electron chi connectivity index (χ3n) is 3.03. The number of hydrogen-bond donors (Lipinski definition) is 1. The van der Waals surface area contributed by atoms with Gasteiger partial charge in [0.1, 0.15) is 0 Å². The number of rotatable bonds is 6. The number of nitrogens with zero attached hydrogens (tertiary/aromatic N) is 2. The molecule has 1 aliphatic rings. The molecule has 1 fully saturated rings. The number of thioether (sulfide) groups is 1. The first-order valence-corrected chi connectivity index (χ1v) is 7.33. The summed E-state index contributed by atoms with van der Waals surface area (Å²) in [6.07, 6.45) is 6.46. The van der Waals surface area contributed by atoms with Gasteiger partial charge in [-0.3, -0.25) is 0 Å². The molecule has 0 spiro atoms. The number of hydrogen-bond acceptors (Lipinski definition) is 3. The molecule has 0 aliphatic carbocycles.